The number of methoxy groups -OCH3 is 1. The molecule has 0 aromatic heterocycles. The second-order valence-corrected chi connectivity index (χ2v) is 5.82. The Hall–Kier alpha value is -1.22. The Morgan fingerprint density at radius 1 is 1.22 bits per heavy atom. The van der Waals surface area contributed by atoms with E-state index in [0.717, 1.165) is 23.5 Å². The van der Waals surface area contributed by atoms with E-state index in [-0.39, 0.29) is 11.5 Å². The molecule has 1 rings (SSSR count). The van der Waals surface area contributed by atoms with E-state index in [9.17, 15) is 0 Å². The molecule has 0 bridgehead atoms. The number of hydrogen-bond acceptors (Lipinski definition) is 3. The molecule has 0 aliphatic heterocycles. The van der Waals surface area contributed by atoms with Gasteiger partial charge in [-0.15, -0.1) is 0 Å². The second kappa shape index (κ2) is 6.10. The second-order valence-electron chi connectivity index (χ2n) is 5.82. The van der Waals surface area contributed by atoms with E-state index in [1.807, 2.05) is 25.1 Å². The van der Waals surface area contributed by atoms with Gasteiger partial charge in [0, 0.05) is 6.04 Å². The maximum atomic E-state index is 5.99. The minimum Gasteiger partial charge on any atom is -0.496 e. The van der Waals surface area contributed by atoms with Crippen LogP contribution in [0.4, 0.5) is 0 Å². The first-order valence-corrected chi connectivity index (χ1v) is 6.40. The van der Waals surface area contributed by atoms with Gasteiger partial charge in [-0.2, -0.15) is 0 Å². The number of benzene rings is 1. The van der Waals surface area contributed by atoms with Crippen LogP contribution in [0.1, 0.15) is 45.7 Å². The quantitative estimate of drug-likeness (QED) is 0.870. The Labute approximate surface area is 110 Å². The van der Waals surface area contributed by atoms with Gasteiger partial charge in [0.2, 0.25) is 0 Å². The Morgan fingerprint density at radius 3 is 2.33 bits per heavy atom. The van der Waals surface area contributed by atoms with E-state index in [1.165, 1.54) is 0 Å². The van der Waals surface area contributed by atoms with Crippen molar-refractivity contribution >= 4 is 0 Å². The van der Waals surface area contributed by atoms with Crippen LogP contribution in [-0.4, -0.2) is 13.7 Å². The normalized spacial score (nSPS) is 13.2. The zero-order valence-corrected chi connectivity index (χ0v) is 12.1. The predicted molar refractivity (Wildman–Crippen MR) is 75.2 cm³/mol. The standard InChI is InChI=1S/C15H25NO2/c1-11(16)14-12(17-5)7-6-8-13(14)18-10-9-15(2,3)4/h6-8,11H,9-10,16H2,1-5H3/t11-/m0/s1. The van der Waals surface area contributed by atoms with Gasteiger partial charge >= 0.3 is 0 Å². The summed E-state index contributed by atoms with van der Waals surface area (Å²) in [5, 5.41) is 0. The third-order valence-corrected chi connectivity index (χ3v) is 2.81. The molecule has 0 fully saturated rings. The van der Waals surface area contributed by atoms with Gasteiger partial charge in [-0.25, -0.2) is 0 Å². The summed E-state index contributed by atoms with van der Waals surface area (Å²) in [6.07, 6.45) is 1.00. The highest BCUT2D eigenvalue weighted by molar-refractivity contribution is 5.46. The molecule has 0 amide bonds. The fourth-order valence-corrected chi connectivity index (χ4v) is 1.74. The Kier molecular flexibility index (Phi) is 5.03. The summed E-state index contributed by atoms with van der Waals surface area (Å²) in [5.41, 5.74) is 7.20. The zero-order valence-electron chi connectivity index (χ0n) is 12.1. The van der Waals surface area contributed by atoms with Gasteiger partial charge in [-0.1, -0.05) is 26.8 Å². The fourth-order valence-electron chi connectivity index (χ4n) is 1.74. The van der Waals surface area contributed by atoms with Crippen molar-refractivity contribution in [1.82, 2.24) is 0 Å². The average molecular weight is 251 g/mol. The van der Waals surface area contributed by atoms with E-state index < -0.39 is 0 Å². The molecule has 0 spiro atoms. The Bertz CT molecular complexity index is 381. The molecule has 2 N–H and O–H groups in total. The molecule has 0 radical (unpaired) electrons. The summed E-state index contributed by atoms with van der Waals surface area (Å²) in [6.45, 7) is 9.24. The third-order valence-electron chi connectivity index (χ3n) is 2.81. The molecule has 3 heteroatoms. The SMILES string of the molecule is COc1cccc(OCCC(C)(C)C)c1[C@H](C)N. The van der Waals surface area contributed by atoms with Gasteiger partial charge in [0.05, 0.1) is 19.3 Å². The summed E-state index contributed by atoms with van der Waals surface area (Å²) in [5.74, 6) is 1.62. The van der Waals surface area contributed by atoms with Crippen molar-refractivity contribution < 1.29 is 9.47 Å². The van der Waals surface area contributed by atoms with Crippen molar-refractivity contribution in [2.45, 2.75) is 40.2 Å². The number of ether oxygens (including phenoxy) is 2. The van der Waals surface area contributed by atoms with E-state index in [1.54, 1.807) is 7.11 Å². The summed E-state index contributed by atoms with van der Waals surface area (Å²) >= 11 is 0. The molecular weight excluding hydrogens is 226 g/mol. The lowest BCUT2D eigenvalue weighted by atomic mass is 9.93. The highest BCUT2D eigenvalue weighted by Crippen LogP contribution is 2.33. The molecule has 0 unspecified atom stereocenters. The Morgan fingerprint density at radius 2 is 1.83 bits per heavy atom. The van der Waals surface area contributed by atoms with Gasteiger partial charge in [-0.3, -0.25) is 0 Å². The number of nitrogens with two attached hydrogens (primary N) is 1. The van der Waals surface area contributed by atoms with Crippen LogP contribution in [0.2, 0.25) is 0 Å². The highest BCUT2D eigenvalue weighted by atomic mass is 16.5. The highest BCUT2D eigenvalue weighted by Gasteiger charge is 2.15. The monoisotopic (exact) mass is 251 g/mol. The minimum atomic E-state index is -0.106. The molecule has 3 nitrogen and oxygen atoms in total. The van der Waals surface area contributed by atoms with Crippen molar-refractivity contribution in [1.29, 1.82) is 0 Å². The van der Waals surface area contributed by atoms with E-state index in [2.05, 4.69) is 20.8 Å². The first-order chi connectivity index (χ1) is 8.35. The number of rotatable bonds is 5. The molecule has 1 atom stereocenters. The molecule has 0 aliphatic rings. The van der Waals surface area contributed by atoms with Crippen LogP contribution in [0, 0.1) is 5.41 Å². The predicted octanol–water partition coefficient (Wildman–Crippen LogP) is 3.53. The maximum absolute atomic E-state index is 5.99. The third kappa shape index (κ3) is 4.22. The average Bonchev–Trinajstić information content (AvgIpc) is 2.26. The van der Waals surface area contributed by atoms with Gasteiger partial charge < -0.3 is 15.2 Å². The summed E-state index contributed by atoms with van der Waals surface area (Å²) in [4.78, 5) is 0. The molecule has 0 aliphatic carbocycles. The van der Waals surface area contributed by atoms with Crippen molar-refractivity contribution in [2.75, 3.05) is 13.7 Å². The van der Waals surface area contributed by atoms with Crippen LogP contribution in [0.3, 0.4) is 0 Å². The lowest BCUT2D eigenvalue weighted by Gasteiger charge is -2.21. The number of hydrogen-bond donors (Lipinski definition) is 1. The van der Waals surface area contributed by atoms with Crippen LogP contribution in [0.5, 0.6) is 11.5 Å². The molecule has 1 aromatic carbocycles. The van der Waals surface area contributed by atoms with Crippen LogP contribution in [0.15, 0.2) is 18.2 Å². The smallest absolute Gasteiger partial charge is 0.127 e. The van der Waals surface area contributed by atoms with Gasteiger partial charge in [0.1, 0.15) is 11.5 Å². The van der Waals surface area contributed by atoms with Crippen LogP contribution in [0.25, 0.3) is 0 Å². The van der Waals surface area contributed by atoms with E-state index >= 15 is 0 Å². The van der Waals surface area contributed by atoms with Crippen molar-refractivity contribution in [2.24, 2.45) is 11.1 Å². The Balaban J connectivity index is 2.82. The lowest BCUT2D eigenvalue weighted by molar-refractivity contribution is 0.239. The topological polar surface area (TPSA) is 44.5 Å². The van der Waals surface area contributed by atoms with Gasteiger partial charge in [0.15, 0.2) is 0 Å². The van der Waals surface area contributed by atoms with Crippen LogP contribution < -0.4 is 15.2 Å². The van der Waals surface area contributed by atoms with Crippen molar-refractivity contribution in [3.63, 3.8) is 0 Å². The first-order valence-electron chi connectivity index (χ1n) is 6.40. The van der Waals surface area contributed by atoms with Crippen molar-refractivity contribution in [3.05, 3.63) is 23.8 Å². The molecule has 1 aromatic rings. The summed E-state index contributed by atoms with van der Waals surface area (Å²) in [7, 11) is 1.65. The van der Waals surface area contributed by atoms with Crippen LogP contribution >= 0.6 is 0 Å². The molecule has 18 heavy (non-hydrogen) atoms. The van der Waals surface area contributed by atoms with E-state index in [0.29, 0.717) is 6.61 Å². The molecule has 102 valence electrons. The molecule has 0 saturated heterocycles. The molecule has 0 saturated carbocycles. The first kappa shape index (κ1) is 14.8. The summed E-state index contributed by atoms with van der Waals surface area (Å²) < 4.78 is 11.2. The summed E-state index contributed by atoms with van der Waals surface area (Å²) in [6, 6.07) is 5.68. The van der Waals surface area contributed by atoms with Gasteiger partial charge in [-0.05, 0) is 30.9 Å². The molecule has 0 heterocycles. The van der Waals surface area contributed by atoms with Crippen LogP contribution in [-0.2, 0) is 0 Å². The maximum Gasteiger partial charge on any atom is 0.127 e. The lowest BCUT2D eigenvalue weighted by Crippen LogP contribution is -2.14. The van der Waals surface area contributed by atoms with Gasteiger partial charge in [0.25, 0.3) is 0 Å². The fraction of sp³-hybridized carbons (Fsp3) is 0.600. The van der Waals surface area contributed by atoms with Crippen molar-refractivity contribution in [3.8, 4) is 11.5 Å². The minimum absolute atomic E-state index is 0.106. The van der Waals surface area contributed by atoms with E-state index in [4.69, 9.17) is 15.2 Å². The largest absolute Gasteiger partial charge is 0.496 e. The molecular formula is C15H25NO2. The zero-order chi connectivity index (χ0) is 13.8.